The summed E-state index contributed by atoms with van der Waals surface area (Å²) in [6.45, 7) is 7.20. The summed E-state index contributed by atoms with van der Waals surface area (Å²) >= 11 is 0. The maximum absolute atomic E-state index is 4.51. The predicted molar refractivity (Wildman–Crippen MR) is 99.8 cm³/mol. The zero-order chi connectivity index (χ0) is 16.3. The third-order valence-corrected chi connectivity index (χ3v) is 12.7. The molecule has 0 saturated heterocycles. The van der Waals surface area contributed by atoms with Gasteiger partial charge in [0.15, 0.2) is 0 Å². The second-order valence-electron chi connectivity index (χ2n) is 7.01. The summed E-state index contributed by atoms with van der Waals surface area (Å²) in [6.07, 6.45) is 15.7. The fourth-order valence-corrected chi connectivity index (χ4v) is 11.2. The van der Waals surface area contributed by atoms with E-state index in [0.29, 0.717) is 0 Å². The van der Waals surface area contributed by atoms with E-state index in [1.54, 1.807) is 0 Å². The van der Waals surface area contributed by atoms with Gasteiger partial charge in [0, 0.05) is 0 Å². The molecule has 0 aromatic carbocycles. The third-order valence-electron chi connectivity index (χ3n) is 5.32. The second kappa shape index (κ2) is 9.60. The fraction of sp³-hybridized carbons (Fsp3) is 0.941. The number of hydrogen-bond acceptors (Lipinski definition) is 3. The van der Waals surface area contributed by atoms with Gasteiger partial charge < -0.3 is 0 Å². The second-order valence-corrected chi connectivity index (χ2v) is 13.2. The Balaban J connectivity index is 3.28. The van der Waals surface area contributed by atoms with E-state index in [2.05, 4.69) is 48.3 Å². The van der Waals surface area contributed by atoms with Gasteiger partial charge in [-0.1, -0.05) is 0 Å². The van der Waals surface area contributed by atoms with Crippen molar-refractivity contribution >= 4 is 12.2 Å². The molecule has 0 aliphatic rings. The normalized spacial score (nSPS) is 13.9. The molecular formula is C17H37N4P. The average Bonchev–Trinajstić information content (AvgIpc) is 3.10. The van der Waals surface area contributed by atoms with Crippen molar-refractivity contribution in [2.45, 2.75) is 79.1 Å². The Morgan fingerprint density at radius 3 is 1.41 bits per heavy atom. The zero-order valence-corrected chi connectivity index (χ0v) is 16.2. The van der Waals surface area contributed by atoms with Crippen molar-refractivity contribution in [3.63, 3.8) is 0 Å². The Morgan fingerprint density at radius 2 is 1.14 bits per heavy atom. The molecule has 4 nitrogen and oxygen atoms in total. The fourth-order valence-electron chi connectivity index (χ4n) is 3.81. The number of H-pyrrole nitrogens is 1. The van der Waals surface area contributed by atoms with Crippen molar-refractivity contribution in [2.75, 3.05) is 24.6 Å². The number of aromatic amines is 1. The van der Waals surface area contributed by atoms with E-state index in [1.807, 2.05) is 0 Å². The molecule has 1 rings (SSSR count). The van der Waals surface area contributed by atoms with Crippen LogP contribution >= 0.6 is 6.60 Å². The molecule has 1 N–H and O–H groups in total. The van der Waals surface area contributed by atoms with Crippen molar-refractivity contribution in [3.05, 3.63) is 0 Å². The molecule has 1 aromatic heterocycles. The minimum absolute atomic E-state index is 1.19. The number of aromatic nitrogens is 4. The first-order valence-electron chi connectivity index (χ1n) is 9.41. The van der Waals surface area contributed by atoms with Crippen LogP contribution in [0.15, 0.2) is 0 Å². The van der Waals surface area contributed by atoms with Crippen LogP contribution in [0.25, 0.3) is 0 Å². The zero-order valence-electron chi connectivity index (χ0n) is 15.3. The van der Waals surface area contributed by atoms with Crippen LogP contribution in [-0.4, -0.2) is 45.3 Å². The predicted octanol–water partition coefficient (Wildman–Crippen LogP) is 4.58. The van der Waals surface area contributed by atoms with Gasteiger partial charge in [0.1, 0.15) is 0 Å². The molecule has 0 aliphatic heterocycles. The Hall–Kier alpha value is -0.500. The molecule has 0 amide bonds. The maximum atomic E-state index is 4.51. The van der Waals surface area contributed by atoms with Crippen LogP contribution in [0.3, 0.4) is 0 Å². The first kappa shape index (κ1) is 19.5. The van der Waals surface area contributed by atoms with Crippen molar-refractivity contribution in [3.8, 4) is 0 Å². The van der Waals surface area contributed by atoms with Crippen LogP contribution in [0.1, 0.15) is 79.1 Å². The summed E-state index contributed by atoms with van der Waals surface area (Å²) in [5, 5.41) is 15.7. The summed E-state index contributed by atoms with van der Waals surface area (Å²) in [4.78, 5) is 0. The molecule has 1 aromatic rings. The van der Waals surface area contributed by atoms with E-state index in [1.165, 1.54) is 81.6 Å². The van der Waals surface area contributed by atoms with E-state index >= 15 is 0 Å². The quantitative estimate of drug-likeness (QED) is 0.539. The van der Waals surface area contributed by atoms with Crippen LogP contribution in [-0.2, 0) is 0 Å². The van der Waals surface area contributed by atoms with Gasteiger partial charge in [-0.3, -0.25) is 0 Å². The van der Waals surface area contributed by atoms with Gasteiger partial charge in [-0.2, -0.15) is 0 Å². The Kier molecular flexibility index (Phi) is 8.53. The molecule has 1 heterocycles. The Morgan fingerprint density at radius 1 is 0.727 bits per heavy atom. The molecule has 0 bridgehead atoms. The van der Waals surface area contributed by atoms with Crippen molar-refractivity contribution in [1.29, 1.82) is 0 Å². The number of rotatable bonds is 13. The van der Waals surface area contributed by atoms with Crippen molar-refractivity contribution < 1.29 is 0 Å². The van der Waals surface area contributed by atoms with Crippen LogP contribution in [0.4, 0.5) is 0 Å². The van der Waals surface area contributed by atoms with E-state index in [-0.39, 0.29) is 0 Å². The molecule has 0 unspecified atom stereocenters. The van der Waals surface area contributed by atoms with Crippen LogP contribution in [0.5, 0.6) is 0 Å². The van der Waals surface area contributed by atoms with E-state index in [0.717, 1.165) is 0 Å². The van der Waals surface area contributed by atoms with Gasteiger partial charge >= 0.3 is 137 Å². The Labute approximate surface area is 137 Å². The molecule has 130 valence electrons. The van der Waals surface area contributed by atoms with Gasteiger partial charge in [0.05, 0.1) is 0 Å². The number of nitrogens with zero attached hydrogens (tertiary/aromatic N) is 3. The summed E-state index contributed by atoms with van der Waals surface area (Å²) in [5.41, 5.74) is 1.19. The standard InChI is InChI=1S/C17H37N4P/c1-5-9-13-22(14-10-6-2,15-11-7-3,16-12-8-4)17-18-20-21-19-17/h5-16H2,1-4H3,(H,18,19,20,21). The summed E-state index contributed by atoms with van der Waals surface area (Å²) in [5.74, 6) is 0. The van der Waals surface area contributed by atoms with Gasteiger partial charge in [0.2, 0.25) is 0 Å². The van der Waals surface area contributed by atoms with Crippen molar-refractivity contribution in [1.82, 2.24) is 20.6 Å². The summed E-state index contributed by atoms with van der Waals surface area (Å²) in [6, 6.07) is 0. The molecule has 0 fully saturated rings. The number of nitrogens with one attached hydrogen (secondary N) is 1. The number of tetrazole rings is 1. The van der Waals surface area contributed by atoms with Gasteiger partial charge in [0.25, 0.3) is 0 Å². The molecule has 0 saturated carbocycles. The van der Waals surface area contributed by atoms with E-state index in [9.17, 15) is 0 Å². The molecule has 0 spiro atoms. The topological polar surface area (TPSA) is 54.5 Å². The van der Waals surface area contributed by atoms with Gasteiger partial charge in [-0.05, 0) is 0 Å². The van der Waals surface area contributed by atoms with Gasteiger partial charge in [-0.15, -0.1) is 0 Å². The number of hydrogen-bond donors (Lipinski definition) is 1. The van der Waals surface area contributed by atoms with Crippen molar-refractivity contribution in [2.24, 2.45) is 0 Å². The SMILES string of the molecule is CCCCP(CCCC)(CCCC)(CCCC)c1nnn[nH]1. The van der Waals surface area contributed by atoms with Crippen LogP contribution in [0.2, 0.25) is 0 Å². The van der Waals surface area contributed by atoms with Gasteiger partial charge in [-0.25, -0.2) is 0 Å². The molecule has 22 heavy (non-hydrogen) atoms. The molecule has 0 radical (unpaired) electrons. The van der Waals surface area contributed by atoms with Crippen LogP contribution in [0, 0.1) is 0 Å². The summed E-state index contributed by atoms with van der Waals surface area (Å²) in [7, 11) is 0. The molecule has 0 atom stereocenters. The average molecular weight is 328 g/mol. The first-order chi connectivity index (χ1) is 10.7. The molecular weight excluding hydrogens is 291 g/mol. The van der Waals surface area contributed by atoms with Crippen LogP contribution < -0.4 is 5.57 Å². The molecule has 0 aliphatic carbocycles. The molecule has 5 heteroatoms. The minimum atomic E-state index is -2.04. The van der Waals surface area contributed by atoms with E-state index in [4.69, 9.17) is 0 Å². The van der Waals surface area contributed by atoms with E-state index < -0.39 is 6.60 Å². The summed E-state index contributed by atoms with van der Waals surface area (Å²) < 4.78 is 0. The third kappa shape index (κ3) is 4.50. The Bertz CT molecular complexity index is 348. The monoisotopic (exact) mass is 328 g/mol. The first-order valence-corrected chi connectivity index (χ1v) is 12.4. The number of unbranched alkanes of at least 4 members (excludes halogenated alkanes) is 4.